The first kappa shape index (κ1) is 19.5. The Balaban J connectivity index is 1.50. The van der Waals surface area contributed by atoms with E-state index in [0.29, 0.717) is 22.2 Å². The van der Waals surface area contributed by atoms with Crippen molar-refractivity contribution in [1.29, 1.82) is 0 Å². The van der Waals surface area contributed by atoms with Gasteiger partial charge in [0, 0.05) is 29.3 Å². The fraction of sp³-hybridized carbons (Fsp3) is 0.250. The minimum Gasteiger partial charge on any atom is -0.326 e. The van der Waals surface area contributed by atoms with E-state index in [1.54, 1.807) is 36.4 Å². The maximum atomic E-state index is 12.5. The van der Waals surface area contributed by atoms with Crippen LogP contribution in [0.4, 0.5) is 11.4 Å². The molecule has 0 spiro atoms. The van der Waals surface area contributed by atoms with Crippen LogP contribution in [0.15, 0.2) is 48.5 Å². The number of halogens is 1. The van der Waals surface area contributed by atoms with Crippen molar-refractivity contribution < 1.29 is 14.4 Å². The van der Waals surface area contributed by atoms with Crippen LogP contribution in [-0.2, 0) is 14.4 Å². The number of anilines is 2. The molecule has 0 aromatic heterocycles. The molecule has 1 fully saturated rings. The lowest BCUT2D eigenvalue weighted by Crippen LogP contribution is -2.31. The van der Waals surface area contributed by atoms with Crippen LogP contribution in [0.5, 0.6) is 0 Å². The molecule has 0 aliphatic carbocycles. The second-order valence-electron chi connectivity index (χ2n) is 6.23. The third-order valence-electron chi connectivity index (χ3n) is 4.22. The average Bonchev–Trinajstić information content (AvgIpc) is 2.92. The Morgan fingerprint density at radius 2 is 1.96 bits per heavy atom. The van der Waals surface area contributed by atoms with Gasteiger partial charge in [-0.05, 0) is 36.8 Å². The van der Waals surface area contributed by atoms with Crippen molar-refractivity contribution in [3.05, 3.63) is 59.1 Å². The number of amides is 3. The second kappa shape index (κ2) is 8.59. The highest BCUT2D eigenvalue weighted by atomic mass is 35.5. The van der Waals surface area contributed by atoms with Crippen molar-refractivity contribution >= 4 is 52.5 Å². The number of rotatable bonds is 6. The van der Waals surface area contributed by atoms with Crippen molar-refractivity contribution in [3.63, 3.8) is 0 Å². The van der Waals surface area contributed by atoms with E-state index in [4.69, 9.17) is 11.6 Å². The Hall–Kier alpha value is -2.31. The SMILES string of the molecule is Cc1ccc(NC(=O)CCS[C@H]2CC(=O)N(c3ccccc3)C2=O)cc1Cl. The van der Waals surface area contributed by atoms with Gasteiger partial charge >= 0.3 is 0 Å². The number of carbonyl (C=O) groups is 3. The zero-order chi connectivity index (χ0) is 19.4. The van der Waals surface area contributed by atoms with Crippen LogP contribution in [-0.4, -0.2) is 28.7 Å². The van der Waals surface area contributed by atoms with Gasteiger partial charge in [0.25, 0.3) is 0 Å². The average molecular weight is 403 g/mol. The number of nitrogens with one attached hydrogen (secondary N) is 1. The summed E-state index contributed by atoms with van der Waals surface area (Å²) in [5.74, 6) is -0.124. The van der Waals surface area contributed by atoms with Crippen molar-refractivity contribution in [2.45, 2.75) is 25.0 Å². The third-order valence-corrected chi connectivity index (χ3v) is 5.84. The lowest BCUT2D eigenvalue weighted by atomic mass is 10.2. The fourth-order valence-corrected chi connectivity index (χ4v) is 4.05. The Kier molecular flexibility index (Phi) is 6.19. The van der Waals surface area contributed by atoms with Gasteiger partial charge in [0.2, 0.25) is 17.7 Å². The summed E-state index contributed by atoms with van der Waals surface area (Å²) in [6.45, 7) is 1.89. The Bertz CT molecular complexity index is 873. The molecule has 7 heteroatoms. The topological polar surface area (TPSA) is 66.5 Å². The number of para-hydroxylation sites is 1. The fourth-order valence-electron chi connectivity index (χ4n) is 2.77. The number of thioether (sulfide) groups is 1. The maximum absolute atomic E-state index is 12.5. The van der Waals surface area contributed by atoms with E-state index in [0.717, 1.165) is 5.56 Å². The smallest absolute Gasteiger partial charge is 0.247 e. The largest absolute Gasteiger partial charge is 0.326 e. The molecule has 0 radical (unpaired) electrons. The summed E-state index contributed by atoms with van der Waals surface area (Å²) >= 11 is 7.39. The van der Waals surface area contributed by atoms with E-state index in [2.05, 4.69) is 5.32 Å². The summed E-state index contributed by atoms with van der Waals surface area (Å²) in [5.41, 5.74) is 2.17. The summed E-state index contributed by atoms with van der Waals surface area (Å²) in [6, 6.07) is 14.2. The van der Waals surface area contributed by atoms with Gasteiger partial charge in [-0.2, -0.15) is 0 Å². The van der Waals surface area contributed by atoms with Crippen LogP contribution >= 0.6 is 23.4 Å². The lowest BCUT2D eigenvalue weighted by molar-refractivity contribution is -0.121. The third kappa shape index (κ3) is 4.70. The molecule has 1 heterocycles. The number of aryl methyl sites for hydroxylation is 1. The van der Waals surface area contributed by atoms with Gasteiger partial charge in [-0.1, -0.05) is 35.9 Å². The molecule has 1 N–H and O–H groups in total. The quantitative estimate of drug-likeness (QED) is 0.740. The molecule has 1 aliphatic heterocycles. The molecule has 27 heavy (non-hydrogen) atoms. The summed E-state index contributed by atoms with van der Waals surface area (Å²) < 4.78 is 0. The predicted molar refractivity (Wildman–Crippen MR) is 109 cm³/mol. The van der Waals surface area contributed by atoms with Crippen LogP contribution < -0.4 is 10.2 Å². The minimum atomic E-state index is -0.445. The van der Waals surface area contributed by atoms with Crippen molar-refractivity contribution in [1.82, 2.24) is 0 Å². The normalized spacial score (nSPS) is 16.7. The van der Waals surface area contributed by atoms with Gasteiger partial charge in [0.1, 0.15) is 0 Å². The summed E-state index contributed by atoms with van der Waals surface area (Å²) in [4.78, 5) is 38.0. The lowest BCUT2D eigenvalue weighted by Gasteiger charge is -2.14. The molecule has 3 amide bonds. The molecule has 5 nitrogen and oxygen atoms in total. The highest BCUT2D eigenvalue weighted by molar-refractivity contribution is 8.00. The molecule has 140 valence electrons. The number of benzene rings is 2. The first-order chi connectivity index (χ1) is 13.0. The Morgan fingerprint density at radius 1 is 1.22 bits per heavy atom. The minimum absolute atomic E-state index is 0.154. The van der Waals surface area contributed by atoms with Gasteiger partial charge in [0.15, 0.2) is 0 Å². The molecule has 1 aliphatic rings. The molecule has 3 rings (SSSR count). The van der Waals surface area contributed by atoms with E-state index in [1.165, 1.54) is 16.7 Å². The van der Waals surface area contributed by atoms with E-state index in [-0.39, 0.29) is 30.6 Å². The van der Waals surface area contributed by atoms with Crippen LogP contribution in [0.25, 0.3) is 0 Å². The first-order valence-corrected chi connectivity index (χ1v) is 9.98. The predicted octanol–water partition coefficient (Wildman–Crippen LogP) is 4.04. The molecule has 0 unspecified atom stereocenters. The van der Waals surface area contributed by atoms with Crippen molar-refractivity contribution in [2.75, 3.05) is 16.0 Å². The van der Waals surface area contributed by atoms with E-state index in [1.807, 2.05) is 19.1 Å². The van der Waals surface area contributed by atoms with Crippen LogP contribution in [0.1, 0.15) is 18.4 Å². The second-order valence-corrected chi connectivity index (χ2v) is 7.95. The number of hydrogen-bond acceptors (Lipinski definition) is 4. The maximum Gasteiger partial charge on any atom is 0.247 e. The van der Waals surface area contributed by atoms with E-state index >= 15 is 0 Å². The van der Waals surface area contributed by atoms with E-state index in [9.17, 15) is 14.4 Å². The Labute approximate surface area is 167 Å². The van der Waals surface area contributed by atoms with Gasteiger partial charge in [0.05, 0.1) is 10.9 Å². The monoisotopic (exact) mass is 402 g/mol. The molecule has 1 saturated heterocycles. The number of hydrogen-bond donors (Lipinski definition) is 1. The van der Waals surface area contributed by atoms with Gasteiger partial charge in [-0.3, -0.25) is 14.4 Å². The molecule has 2 aromatic rings. The molecular weight excluding hydrogens is 384 g/mol. The zero-order valence-electron chi connectivity index (χ0n) is 14.8. The molecule has 0 bridgehead atoms. The van der Waals surface area contributed by atoms with Gasteiger partial charge < -0.3 is 5.32 Å². The van der Waals surface area contributed by atoms with E-state index < -0.39 is 5.25 Å². The molecule has 2 aromatic carbocycles. The molecular formula is C20H19ClN2O3S. The molecule has 1 atom stereocenters. The number of imide groups is 1. The zero-order valence-corrected chi connectivity index (χ0v) is 16.3. The Morgan fingerprint density at radius 3 is 2.67 bits per heavy atom. The van der Waals surface area contributed by atoms with Crippen LogP contribution in [0.2, 0.25) is 5.02 Å². The van der Waals surface area contributed by atoms with Crippen molar-refractivity contribution in [2.24, 2.45) is 0 Å². The first-order valence-electron chi connectivity index (χ1n) is 8.55. The number of carbonyl (C=O) groups excluding carboxylic acids is 3. The standard InChI is InChI=1S/C20H19ClN2O3S/c1-13-7-8-14(11-16(13)21)22-18(24)9-10-27-17-12-19(25)23(20(17)26)15-5-3-2-4-6-15/h2-8,11,17H,9-10,12H2,1H3,(H,22,24)/t17-/m0/s1. The van der Waals surface area contributed by atoms with Crippen LogP contribution in [0, 0.1) is 6.92 Å². The molecule has 0 saturated carbocycles. The van der Waals surface area contributed by atoms with Crippen molar-refractivity contribution in [3.8, 4) is 0 Å². The summed E-state index contributed by atoms with van der Waals surface area (Å²) in [6.07, 6.45) is 0.410. The van der Waals surface area contributed by atoms with Gasteiger partial charge in [-0.15, -0.1) is 11.8 Å². The summed E-state index contributed by atoms with van der Waals surface area (Å²) in [5, 5.41) is 2.94. The van der Waals surface area contributed by atoms with Gasteiger partial charge in [-0.25, -0.2) is 4.90 Å². The van der Waals surface area contributed by atoms with Crippen LogP contribution in [0.3, 0.4) is 0 Å². The highest BCUT2D eigenvalue weighted by Crippen LogP contribution is 2.30. The number of nitrogens with zero attached hydrogens (tertiary/aromatic N) is 1. The summed E-state index contributed by atoms with van der Waals surface area (Å²) in [7, 11) is 0. The highest BCUT2D eigenvalue weighted by Gasteiger charge is 2.39.